The summed E-state index contributed by atoms with van der Waals surface area (Å²) in [5, 5.41) is 3.45. The van der Waals surface area contributed by atoms with Gasteiger partial charge in [0.1, 0.15) is 12.4 Å². The first-order valence-corrected chi connectivity index (χ1v) is 6.63. The summed E-state index contributed by atoms with van der Waals surface area (Å²) in [4.78, 5) is 0. The van der Waals surface area contributed by atoms with Gasteiger partial charge in [-0.05, 0) is 48.9 Å². The third-order valence-corrected chi connectivity index (χ3v) is 3.24. The fraction of sp³-hybridized carbons (Fsp3) is 0.600. The second kappa shape index (κ2) is 5.54. The van der Waals surface area contributed by atoms with Crippen molar-refractivity contribution in [3.63, 3.8) is 0 Å². The molecule has 0 heterocycles. The molecule has 0 amide bonds. The maximum Gasteiger partial charge on any atom is 0.119 e. The van der Waals surface area contributed by atoms with Gasteiger partial charge in [-0.2, -0.15) is 0 Å². The lowest BCUT2D eigenvalue weighted by atomic mass is 9.98. The van der Waals surface area contributed by atoms with Crippen LogP contribution in [0.25, 0.3) is 0 Å². The summed E-state index contributed by atoms with van der Waals surface area (Å²) in [5.74, 6) is 1.57. The van der Waals surface area contributed by atoms with Crippen LogP contribution in [0.5, 0.6) is 5.75 Å². The van der Waals surface area contributed by atoms with E-state index in [0.717, 1.165) is 24.9 Å². The molecule has 0 saturated heterocycles. The van der Waals surface area contributed by atoms with Crippen molar-refractivity contribution in [3.8, 4) is 5.75 Å². The van der Waals surface area contributed by atoms with Crippen LogP contribution in [-0.2, 0) is 0 Å². The van der Waals surface area contributed by atoms with Crippen LogP contribution in [0.2, 0.25) is 0 Å². The van der Waals surface area contributed by atoms with Gasteiger partial charge in [0.2, 0.25) is 0 Å². The third kappa shape index (κ3) is 3.74. The lowest BCUT2D eigenvalue weighted by molar-refractivity contribution is 0.313. The van der Waals surface area contributed by atoms with E-state index in [2.05, 4.69) is 44.3 Å². The van der Waals surface area contributed by atoms with Crippen molar-refractivity contribution in [2.75, 3.05) is 13.2 Å². The number of benzene rings is 1. The van der Waals surface area contributed by atoms with E-state index in [1.807, 2.05) is 0 Å². The third-order valence-electron chi connectivity index (χ3n) is 3.24. The summed E-state index contributed by atoms with van der Waals surface area (Å²) in [6, 6.07) is 7.18. The largest absolute Gasteiger partial charge is 0.492 e. The number of nitrogens with one attached hydrogen (secondary N) is 1. The Hall–Kier alpha value is -1.02. The van der Waals surface area contributed by atoms with E-state index < -0.39 is 0 Å². The molecule has 0 radical (unpaired) electrons. The molecule has 1 aromatic rings. The Bertz CT molecular complexity index is 369. The fourth-order valence-electron chi connectivity index (χ4n) is 2.11. The number of hydrogen-bond acceptors (Lipinski definition) is 2. The van der Waals surface area contributed by atoms with Gasteiger partial charge in [-0.1, -0.05) is 19.9 Å². The summed E-state index contributed by atoms with van der Waals surface area (Å²) >= 11 is 0. The van der Waals surface area contributed by atoms with Gasteiger partial charge in [-0.15, -0.1) is 0 Å². The van der Waals surface area contributed by atoms with E-state index >= 15 is 0 Å². The zero-order chi connectivity index (χ0) is 12.3. The highest BCUT2D eigenvalue weighted by Gasteiger charge is 2.19. The quantitative estimate of drug-likeness (QED) is 0.762. The Morgan fingerprint density at radius 2 is 2.12 bits per heavy atom. The Labute approximate surface area is 104 Å². The van der Waals surface area contributed by atoms with Crippen LogP contribution in [0.15, 0.2) is 18.2 Å². The molecule has 0 bridgehead atoms. The Morgan fingerprint density at radius 3 is 2.71 bits per heavy atom. The predicted octanol–water partition coefficient (Wildman–Crippen LogP) is 3.25. The standard InChI is InChI=1S/C15H23NO/c1-11(2)15-7-6-14(10-12(15)3)17-9-8-16-13-4-5-13/h6-7,10-11,13,16H,4-5,8-9H2,1-3H3. The number of hydrogen-bond donors (Lipinski definition) is 1. The maximum atomic E-state index is 5.74. The van der Waals surface area contributed by atoms with Crippen LogP contribution in [0.4, 0.5) is 0 Å². The van der Waals surface area contributed by atoms with Crippen molar-refractivity contribution in [2.24, 2.45) is 0 Å². The first kappa shape index (κ1) is 12.4. The zero-order valence-corrected chi connectivity index (χ0v) is 11.1. The summed E-state index contributed by atoms with van der Waals surface area (Å²) in [6.45, 7) is 8.32. The Morgan fingerprint density at radius 1 is 1.35 bits per heavy atom. The predicted molar refractivity (Wildman–Crippen MR) is 71.8 cm³/mol. The van der Waals surface area contributed by atoms with Gasteiger partial charge in [-0.3, -0.25) is 0 Å². The van der Waals surface area contributed by atoms with Crippen LogP contribution in [0, 0.1) is 6.92 Å². The molecule has 1 fully saturated rings. The van der Waals surface area contributed by atoms with E-state index in [1.165, 1.54) is 24.0 Å². The first-order chi connectivity index (χ1) is 8.16. The molecule has 1 aliphatic rings. The Balaban J connectivity index is 1.81. The van der Waals surface area contributed by atoms with Gasteiger partial charge >= 0.3 is 0 Å². The van der Waals surface area contributed by atoms with Crippen LogP contribution >= 0.6 is 0 Å². The molecule has 2 heteroatoms. The lowest BCUT2D eigenvalue weighted by Gasteiger charge is -2.12. The molecular weight excluding hydrogens is 210 g/mol. The molecule has 0 spiro atoms. The maximum absolute atomic E-state index is 5.74. The summed E-state index contributed by atoms with van der Waals surface area (Å²) in [5.41, 5.74) is 2.74. The van der Waals surface area contributed by atoms with Crippen molar-refractivity contribution in [2.45, 2.75) is 45.6 Å². The van der Waals surface area contributed by atoms with E-state index in [4.69, 9.17) is 4.74 Å². The molecule has 94 valence electrons. The molecule has 1 saturated carbocycles. The summed E-state index contributed by atoms with van der Waals surface area (Å²) in [7, 11) is 0. The monoisotopic (exact) mass is 233 g/mol. The second-order valence-electron chi connectivity index (χ2n) is 5.25. The molecule has 0 unspecified atom stereocenters. The van der Waals surface area contributed by atoms with Gasteiger partial charge in [0.05, 0.1) is 0 Å². The highest BCUT2D eigenvalue weighted by Crippen LogP contribution is 2.23. The normalized spacial score (nSPS) is 15.3. The van der Waals surface area contributed by atoms with Gasteiger partial charge in [-0.25, -0.2) is 0 Å². The minimum absolute atomic E-state index is 0.584. The highest BCUT2D eigenvalue weighted by atomic mass is 16.5. The molecule has 0 aliphatic heterocycles. The molecule has 0 atom stereocenters. The summed E-state index contributed by atoms with van der Waals surface area (Å²) in [6.07, 6.45) is 2.67. The second-order valence-corrected chi connectivity index (χ2v) is 5.25. The van der Waals surface area contributed by atoms with Crippen LogP contribution < -0.4 is 10.1 Å². The molecular formula is C15H23NO. The molecule has 1 aliphatic carbocycles. The molecule has 2 nitrogen and oxygen atoms in total. The molecule has 2 rings (SSSR count). The molecule has 17 heavy (non-hydrogen) atoms. The number of rotatable bonds is 6. The van der Waals surface area contributed by atoms with E-state index in [0.29, 0.717) is 5.92 Å². The van der Waals surface area contributed by atoms with Crippen molar-refractivity contribution < 1.29 is 4.74 Å². The van der Waals surface area contributed by atoms with Gasteiger partial charge in [0, 0.05) is 12.6 Å². The van der Waals surface area contributed by atoms with Crippen LogP contribution in [0.3, 0.4) is 0 Å². The van der Waals surface area contributed by atoms with Crippen molar-refractivity contribution in [1.29, 1.82) is 0 Å². The van der Waals surface area contributed by atoms with Crippen molar-refractivity contribution >= 4 is 0 Å². The van der Waals surface area contributed by atoms with E-state index in [-0.39, 0.29) is 0 Å². The zero-order valence-electron chi connectivity index (χ0n) is 11.1. The minimum Gasteiger partial charge on any atom is -0.492 e. The Kier molecular flexibility index (Phi) is 4.06. The molecule has 1 aromatic carbocycles. The molecule has 0 aromatic heterocycles. The smallest absolute Gasteiger partial charge is 0.119 e. The highest BCUT2D eigenvalue weighted by molar-refractivity contribution is 5.36. The van der Waals surface area contributed by atoms with Crippen LogP contribution in [0.1, 0.15) is 43.7 Å². The number of ether oxygens (including phenoxy) is 1. The first-order valence-electron chi connectivity index (χ1n) is 6.63. The fourth-order valence-corrected chi connectivity index (χ4v) is 2.11. The lowest BCUT2D eigenvalue weighted by Crippen LogP contribution is -2.22. The van der Waals surface area contributed by atoms with Crippen molar-refractivity contribution in [1.82, 2.24) is 5.32 Å². The number of aryl methyl sites for hydroxylation is 1. The van der Waals surface area contributed by atoms with E-state index in [1.54, 1.807) is 0 Å². The van der Waals surface area contributed by atoms with E-state index in [9.17, 15) is 0 Å². The summed E-state index contributed by atoms with van der Waals surface area (Å²) < 4.78 is 5.74. The van der Waals surface area contributed by atoms with Crippen molar-refractivity contribution in [3.05, 3.63) is 29.3 Å². The topological polar surface area (TPSA) is 21.3 Å². The molecule has 1 N–H and O–H groups in total. The SMILES string of the molecule is Cc1cc(OCCNC2CC2)ccc1C(C)C. The average Bonchev–Trinajstić information content (AvgIpc) is 3.08. The van der Waals surface area contributed by atoms with Gasteiger partial charge in [0.15, 0.2) is 0 Å². The minimum atomic E-state index is 0.584. The average molecular weight is 233 g/mol. The van der Waals surface area contributed by atoms with Gasteiger partial charge < -0.3 is 10.1 Å². The van der Waals surface area contributed by atoms with Gasteiger partial charge in [0.25, 0.3) is 0 Å². The van der Waals surface area contributed by atoms with Crippen LogP contribution in [-0.4, -0.2) is 19.2 Å².